The quantitative estimate of drug-likeness (QED) is 0.293. The molecule has 0 amide bonds. The average molecular weight is 470 g/mol. The van der Waals surface area contributed by atoms with E-state index < -0.39 is 0 Å². The monoisotopic (exact) mass is 469 g/mol. The topological polar surface area (TPSA) is 56.5 Å². The van der Waals surface area contributed by atoms with Crippen molar-refractivity contribution < 1.29 is 0 Å². The lowest BCUT2D eigenvalue weighted by Gasteiger charge is -2.14. The Morgan fingerprint density at radius 2 is 1.56 bits per heavy atom. The largest absolute Gasteiger partial charge is 0.327 e. The summed E-state index contributed by atoms with van der Waals surface area (Å²) in [6, 6.07) is 18.5. The van der Waals surface area contributed by atoms with Gasteiger partial charge < -0.3 is 4.57 Å². The first-order valence-electron chi connectivity index (χ1n) is 12.0. The summed E-state index contributed by atoms with van der Waals surface area (Å²) in [5.41, 5.74) is 9.20. The van der Waals surface area contributed by atoms with Crippen LogP contribution < -0.4 is 0 Å². The van der Waals surface area contributed by atoms with Crippen LogP contribution >= 0.6 is 0 Å². The van der Waals surface area contributed by atoms with Crippen LogP contribution in [0.3, 0.4) is 0 Å². The third-order valence-corrected chi connectivity index (χ3v) is 6.37. The first-order valence-corrected chi connectivity index (χ1v) is 12.0. The van der Waals surface area contributed by atoms with E-state index in [-0.39, 0.29) is 0 Å². The SMILES string of the molecule is C#Cc1ccc(Cc2nccc(Cc3c(C)cc(Cn4ccnc4-c4ccncc4)cc3C)n2)cc1. The number of rotatable bonds is 7. The molecular weight excluding hydrogens is 442 g/mol. The zero-order chi connectivity index (χ0) is 24.9. The van der Waals surface area contributed by atoms with Crippen LogP contribution in [-0.4, -0.2) is 24.5 Å². The van der Waals surface area contributed by atoms with E-state index in [1.807, 2.05) is 61.1 Å². The summed E-state index contributed by atoms with van der Waals surface area (Å²) < 4.78 is 2.18. The van der Waals surface area contributed by atoms with Crippen molar-refractivity contribution >= 4 is 0 Å². The molecule has 0 radical (unpaired) electrons. The summed E-state index contributed by atoms with van der Waals surface area (Å²) in [5, 5.41) is 0. The van der Waals surface area contributed by atoms with Crippen LogP contribution in [0.4, 0.5) is 0 Å². The van der Waals surface area contributed by atoms with Crippen molar-refractivity contribution in [1.29, 1.82) is 0 Å². The molecule has 5 aromatic rings. The molecule has 0 spiro atoms. The number of aryl methyl sites for hydroxylation is 2. The molecule has 3 aromatic heterocycles. The van der Waals surface area contributed by atoms with Gasteiger partial charge in [0.15, 0.2) is 0 Å². The summed E-state index contributed by atoms with van der Waals surface area (Å²) in [6.07, 6.45) is 16.2. The fourth-order valence-electron chi connectivity index (χ4n) is 4.56. The van der Waals surface area contributed by atoms with Crippen molar-refractivity contribution in [2.24, 2.45) is 0 Å². The van der Waals surface area contributed by atoms with Crippen LogP contribution in [0.5, 0.6) is 0 Å². The number of pyridine rings is 1. The molecule has 176 valence electrons. The summed E-state index contributed by atoms with van der Waals surface area (Å²) in [6.45, 7) is 5.12. The van der Waals surface area contributed by atoms with Crippen LogP contribution in [0.15, 0.2) is 85.6 Å². The average Bonchev–Trinajstić information content (AvgIpc) is 3.35. The molecule has 36 heavy (non-hydrogen) atoms. The Bertz CT molecular complexity index is 1500. The van der Waals surface area contributed by atoms with E-state index in [0.29, 0.717) is 6.42 Å². The lowest BCUT2D eigenvalue weighted by Crippen LogP contribution is -2.06. The van der Waals surface area contributed by atoms with Crippen LogP contribution in [0.2, 0.25) is 0 Å². The molecule has 5 rings (SSSR count). The fourth-order valence-corrected chi connectivity index (χ4v) is 4.56. The molecule has 0 aliphatic carbocycles. The van der Waals surface area contributed by atoms with Gasteiger partial charge in [0, 0.05) is 67.2 Å². The van der Waals surface area contributed by atoms with E-state index in [4.69, 9.17) is 11.4 Å². The van der Waals surface area contributed by atoms with E-state index >= 15 is 0 Å². The Hall–Kier alpha value is -4.56. The third-order valence-electron chi connectivity index (χ3n) is 6.37. The summed E-state index contributed by atoms with van der Waals surface area (Å²) >= 11 is 0. The molecule has 5 nitrogen and oxygen atoms in total. The number of hydrogen-bond donors (Lipinski definition) is 0. The van der Waals surface area contributed by atoms with E-state index in [0.717, 1.165) is 47.0 Å². The molecule has 0 fully saturated rings. The number of hydrogen-bond acceptors (Lipinski definition) is 4. The van der Waals surface area contributed by atoms with Gasteiger partial charge in [-0.15, -0.1) is 6.42 Å². The van der Waals surface area contributed by atoms with Crippen molar-refractivity contribution in [2.75, 3.05) is 0 Å². The minimum absolute atomic E-state index is 0.681. The van der Waals surface area contributed by atoms with Crippen molar-refractivity contribution in [3.05, 3.63) is 130 Å². The normalized spacial score (nSPS) is 10.8. The standard InChI is InChI=1S/C31H27N5/c1-4-24-5-7-25(8-6-24)19-30-33-14-11-28(35-30)20-29-22(2)17-26(18-23(29)3)21-36-16-15-34-31(36)27-9-12-32-13-10-27/h1,5-18H,19-21H2,2-3H3. The highest BCUT2D eigenvalue weighted by Crippen LogP contribution is 2.23. The lowest BCUT2D eigenvalue weighted by atomic mass is 9.95. The Morgan fingerprint density at radius 3 is 2.28 bits per heavy atom. The van der Waals surface area contributed by atoms with Gasteiger partial charge in [-0.3, -0.25) is 4.98 Å². The molecule has 3 heterocycles. The molecule has 2 aromatic carbocycles. The number of terminal acetylenes is 1. The number of aromatic nitrogens is 5. The Balaban J connectivity index is 1.33. The van der Waals surface area contributed by atoms with Crippen molar-refractivity contribution in [2.45, 2.75) is 33.2 Å². The zero-order valence-electron chi connectivity index (χ0n) is 20.5. The van der Waals surface area contributed by atoms with Crippen LogP contribution in [0.1, 0.15) is 44.9 Å². The van der Waals surface area contributed by atoms with Gasteiger partial charge in [-0.2, -0.15) is 0 Å². The van der Waals surface area contributed by atoms with Gasteiger partial charge in [0.1, 0.15) is 11.6 Å². The highest BCUT2D eigenvalue weighted by atomic mass is 15.1. The highest BCUT2D eigenvalue weighted by Gasteiger charge is 2.11. The minimum Gasteiger partial charge on any atom is -0.327 e. The Morgan fingerprint density at radius 1 is 0.806 bits per heavy atom. The van der Waals surface area contributed by atoms with E-state index in [2.05, 4.69) is 51.4 Å². The van der Waals surface area contributed by atoms with Crippen molar-refractivity contribution in [3.63, 3.8) is 0 Å². The zero-order valence-corrected chi connectivity index (χ0v) is 20.5. The smallest absolute Gasteiger partial charge is 0.140 e. The van der Waals surface area contributed by atoms with Crippen molar-refractivity contribution in [1.82, 2.24) is 24.5 Å². The molecule has 0 unspecified atom stereocenters. The van der Waals surface area contributed by atoms with Crippen LogP contribution in [-0.2, 0) is 19.4 Å². The van der Waals surface area contributed by atoms with Crippen LogP contribution in [0.25, 0.3) is 11.4 Å². The van der Waals surface area contributed by atoms with Gasteiger partial charge in [0.05, 0.1) is 0 Å². The lowest BCUT2D eigenvalue weighted by molar-refractivity contribution is 0.803. The minimum atomic E-state index is 0.681. The Kier molecular flexibility index (Phi) is 6.68. The molecule has 0 N–H and O–H groups in total. The van der Waals surface area contributed by atoms with Gasteiger partial charge in [0.25, 0.3) is 0 Å². The van der Waals surface area contributed by atoms with Crippen LogP contribution in [0, 0.1) is 26.2 Å². The molecule has 0 saturated heterocycles. The third kappa shape index (κ3) is 5.24. The van der Waals surface area contributed by atoms with Gasteiger partial charge >= 0.3 is 0 Å². The molecule has 0 aliphatic rings. The summed E-state index contributed by atoms with van der Waals surface area (Å²) in [5.74, 6) is 4.41. The molecule has 0 saturated carbocycles. The Labute approximate surface area is 212 Å². The number of imidazole rings is 1. The molecule has 0 bridgehead atoms. The first-order chi connectivity index (χ1) is 17.6. The first kappa shape index (κ1) is 23.2. The van der Waals surface area contributed by atoms with E-state index in [9.17, 15) is 0 Å². The number of benzene rings is 2. The predicted octanol–water partition coefficient (Wildman–Crippen LogP) is 5.56. The van der Waals surface area contributed by atoms with Gasteiger partial charge in [-0.25, -0.2) is 15.0 Å². The maximum atomic E-state index is 5.46. The summed E-state index contributed by atoms with van der Waals surface area (Å²) in [4.78, 5) is 18.0. The molecule has 0 aliphatic heterocycles. The number of nitrogens with zero attached hydrogens (tertiary/aromatic N) is 5. The maximum absolute atomic E-state index is 5.46. The van der Waals surface area contributed by atoms with Crippen molar-refractivity contribution in [3.8, 4) is 23.7 Å². The predicted molar refractivity (Wildman–Crippen MR) is 142 cm³/mol. The van der Waals surface area contributed by atoms with E-state index in [1.165, 1.54) is 22.3 Å². The maximum Gasteiger partial charge on any atom is 0.140 e. The molecule has 0 atom stereocenters. The highest BCUT2D eigenvalue weighted by molar-refractivity contribution is 5.54. The van der Waals surface area contributed by atoms with Gasteiger partial charge in [0.2, 0.25) is 0 Å². The van der Waals surface area contributed by atoms with Gasteiger partial charge in [-0.1, -0.05) is 30.2 Å². The molecular formula is C31H27N5. The fraction of sp³-hybridized carbons (Fsp3) is 0.161. The second kappa shape index (κ2) is 10.4. The summed E-state index contributed by atoms with van der Waals surface area (Å²) in [7, 11) is 0. The molecule has 5 heteroatoms. The second-order valence-corrected chi connectivity index (χ2v) is 8.98. The van der Waals surface area contributed by atoms with E-state index in [1.54, 1.807) is 12.4 Å². The van der Waals surface area contributed by atoms with Gasteiger partial charge in [-0.05, 0) is 72.0 Å². The second-order valence-electron chi connectivity index (χ2n) is 8.98.